The van der Waals surface area contributed by atoms with Crippen molar-refractivity contribution in [1.29, 1.82) is 0 Å². The zero-order valence-corrected chi connectivity index (χ0v) is 21.4. The molecule has 1 fully saturated rings. The van der Waals surface area contributed by atoms with Crippen molar-refractivity contribution in [2.75, 3.05) is 13.1 Å². The molecule has 0 bridgehead atoms. The van der Waals surface area contributed by atoms with Crippen molar-refractivity contribution in [1.82, 2.24) is 19.9 Å². The molecule has 1 amide bonds. The van der Waals surface area contributed by atoms with E-state index in [9.17, 15) is 9.90 Å². The Kier molecular flexibility index (Phi) is 5.65. The molecule has 1 N–H and O–H groups in total. The summed E-state index contributed by atoms with van der Waals surface area (Å²) in [6.45, 7) is 2.94. The van der Waals surface area contributed by atoms with Crippen molar-refractivity contribution in [3.8, 4) is 5.69 Å². The lowest BCUT2D eigenvalue weighted by Gasteiger charge is -2.37. The molecule has 1 saturated heterocycles. The van der Waals surface area contributed by atoms with Crippen LogP contribution in [0.5, 0.6) is 0 Å². The van der Waals surface area contributed by atoms with Crippen LogP contribution in [-0.2, 0) is 16.8 Å². The lowest BCUT2D eigenvalue weighted by molar-refractivity contribution is -0.135. The molecule has 2 aromatic heterocycles. The maximum Gasteiger partial charge on any atom is 0.226 e. The van der Waals surface area contributed by atoms with Crippen LogP contribution in [0.3, 0.4) is 0 Å². The lowest BCUT2D eigenvalue weighted by atomic mass is 9.88. The molecule has 0 saturated carbocycles. The Morgan fingerprint density at radius 2 is 1.83 bits per heavy atom. The van der Waals surface area contributed by atoms with Gasteiger partial charge < -0.3 is 14.4 Å². The first-order valence-electron chi connectivity index (χ1n) is 12.0. The van der Waals surface area contributed by atoms with E-state index >= 15 is 0 Å². The van der Waals surface area contributed by atoms with Gasteiger partial charge in [0, 0.05) is 28.3 Å². The van der Waals surface area contributed by atoms with Crippen molar-refractivity contribution in [2.45, 2.75) is 31.8 Å². The van der Waals surface area contributed by atoms with Crippen molar-refractivity contribution in [3.05, 3.63) is 88.2 Å². The summed E-state index contributed by atoms with van der Waals surface area (Å²) in [5.41, 5.74) is 3.99. The minimum atomic E-state index is -1.11. The number of aliphatic hydroxyl groups is 1. The first kappa shape index (κ1) is 22.9. The zero-order chi connectivity index (χ0) is 24.9. The summed E-state index contributed by atoms with van der Waals surface area (Å²) in [6, 6.07) is 19.7. The number of aromatic nitrogens is 3. The van der Waals surface area contributed by atoms with Gasteiger partial charge in [-0.05, 0) is 61.2 Å². The molecule has 1 aliphatic rings. The van der Waals surface area contributed by atoms with Gasteiger partial charge in [-0.25, -0.2) is 4.68 Å². The molecule has 0 spiro atoms. The average molecular weight is 545 g/mol. The molecule has 7 nitrogen and oxygen atoms in total. The Hall–Kier alpha value is -3.49. The highest BCUT2D eigenvalue weighted by molar-refractivity contribution is 9.10. The summed E-state index contributed by atoms with van der Waals surface area (Å²) in [6.07, 6.45) is 2.93. The molecule has 5 aromatic rings. The number of piperidine rings is 1. The van der Waals surface area contributed by atoms with Gasteiger partial charge in [-0.3, -0.25) is 4.79 Å². The molecule has 0 unspecified atom stereocenters. The monoisotopic (exact) mass is 544 g/mol. The third-order valence-corrected chi connectivity index (χ3v) is 8.05. The Morgan fingerprint density at radius 1 is 1.06 bits per heavy atom. The van der Waals surface area contributed by atoms with E-state index in [-0.39, 0.29) is 5.91 Å². The molecule has 8 heteroatoms. The van der Waals surface area contributed by atoms with Crippen LogP contribution in [0.15, 0.2) is 75.8 Å². The summed E-state index contributed by atoms with van der Waals surface area (Å²) >= 11 is 3.55. The summed E-state index contributed by atoms with van der Waals surface area (Å²) < 4.78 is 8.58. The number of rotatable bonds is 4. The summed E-state index contributed by atoms with van der Waals surface area (Å²) in [5, 5.41) is 21.9. The highest BCUT2D eigenvalue weighted by atomic mass is 79.9. The number of nitrogens with zero attached hydrogens (tertiary/aromatic N) is 4. The number of carbonyl (C=O) groups is 1. The summed E-state index contributed by atoms with van der Waals surface area (Å²) in [4.78, 5) is 14.9. The standard InChI is InChI=1S/C28H25BrN4O3/c1-18-22(29)6-4-7-23(18)33-17-26(30-31-33)28(35)11-13-32(14-12-28)27(34)16-19-9-10-25-21(15-19)20-5-2-3-8-24(20)36-25/h2-10,15,17,35H,11-14,16H2,1H3. The van der Waals surface area contributed by atoms with Crippen LogP contribution in [0.25, 0.3) is 27.6 Å². The molecular formula is C28H25BrN4O3. The number of benzene rings is 3. The van der Waals surface area contributed by atoms with Crippen molar-refractivity contribution in [2.24, 2.45) is 0 Å². The minimum Gasteiger partial charge on any atom is -0.456 e. The largest absolute Gasteiger partial charge is 0.456 e. The predicted molar refractivity (Wildman–Crippen MR) is 141 cm³/mol. The van der Waals surface area contributed by atoms with E-state index in [0.717, 1.165) is 43.2 Å². The zero-order valence-electron chi connectivity index (χ0n) is 19.8. The van der Waals surface area contributed by atoms with Crippen molar-refractivity contribution in [3.63, 3.8) is 0 Å². The summed E-state index contributed by atoms with van der Waals surface area (Å²) in [7, 11) is 0. The number of fused-ring (bicyclic) bond motifs is 3. The Balaban J connectivity index is 1.14. The number of hydrogen-bond acceptors (Lipinski definition) is 5. The van der Waals surface area contributed by atoms with Crippen LogP contribution >= 0.6 is 15.9 Å². The Bertz CT molecular complexity index is 1600. The van der Waals surface area contributed by atoms with Gasteiger partial charge in [0.2, 0.25) is 5.91 Å². The molecule has 0 aliphatic carbocycles. The van der Waals surface area contributed by atoms with Crippen LogP contribution in [-0.4, -0.2) is 44.0 Å². The Morgan fingerprint density at radius 3 is 2.67 bits per heavy atom. The van der Waals surface area contributed by atoms with Crippen LogP contribution in [0.4, 0.5) is 0 Å². The van der Waals surface area contributed by atoms with Crippen LogP contribution in [0.1, 0.15) is 29.7 Å². The fraction of sp³-hybridized carbons (Fsp3) is 0.250. The topological polar surface area (TPSA) is 84.4 Å². The fourth-order valence-electron chi connectivity index (χ4n) is 4.99. The van der Waals surface area contributed by atoms with E-state index in [1.165, 1.54) is 0 Å². The van der Waals surface area contributed by atoms with Gasteiger partial charge in [-0.15, -0.1) is 5.10 Å². The minimum absolute atomic E-state index is 0.0533. The van der Waals surface area contributed by atoms with Crippen molar-refractivity contribution < 1.29 is 14.3 Å². The van der Waals surface area contributed by atoms with Gasteiger partial charge in [-0.1, -0.05) is 51.5 Å². The SMILES string of the molecule is Cc1c(Br)cccc1-n1cc(C2(O)CCN(C(=O)Cc3ccc4oc5ccccc5c4c3)CC2)nn1. The quantitative estimate of drug-likeness (QED) is 0.332. The Labute approximate surface area is 216 Å². The third-order valence-electron chi connectivity index (χ3n) is 7.20. The van der Waals surface area contributed by atoms with E-state index in [2.05, 4.69) is 26.2 Å². The number of hydrogen-bond donors (Lipinski definition) is 1. The molecule has 6 rings (SSSR count). The third kappa shape index (κ3) is 4.00. The molecule has 0 atom stereocenters. The molecule has 3 heterocycles. The van der Waals surface area contributed by atoms with Gasteiger partial charge in [0.1, 0.15) is 22.5 Å². The molecule has 1 aliphatic heterocycles. The van der Waals surface area contributed by atoms with Gasteiger partial charge in [-0.2, -0.15) is 0 Å². The maximum atomic E-state index is 13.1. The van der Waals surface area contributed by atoms with Gasteiger partial charge >= 0.3 is 0 Å². The van der Waals surface area contributed by atoms with Crippen molar-refractivity contribution >= 4 is 43.8 Å². The molecule has 3 aromatic carbocycles. The van der Waals surface area contributed by atoms with E-state index in [4.69, 9.17) is 4.42 Å². The van der Waals surface area contributed by atoms with Gasteiger partial charge in [0.15, 0.2) is 0 Å². The molecule has 36 heavy (non-hydrogen) atoms. The highest BCUT2D eigenvalue weighted by Crippen LogP contribution is 2.33. The number of carbonyl (C=O) groups excluding carboxylic acids is 1. The van der Waals surface area contributed by atoms with Gasteiger partial charge in [0.25, 0.3) is 0 Å². The van der Waals surface area contributed by atoms with E-state index in [1.807, 2.05) is 72.5 Å². The van der Waals surface area contributed by atoms with Crippen LogP contribution in [0, 0.1) is 6.92 Å². The second kappa shape index (κ2) is 8.87. The highest BCUT2D eigenvalue weighted by Gasteiger charge is 2.38. The van der Waals surface area contributed by atoms with E-state index in [0.29, 0.717) is 38.0 Å². The second-order valence-electron chi connectivity index (χ2n) is 9.45. The van der Waals surface area contributed by atoms with Gasteiger partial charge in [0.05, 0.1) is 18.3 Å². The average Bonchev–Trinajstić information content (AvgIpc) is 3.52. The maximum absolute atomic E-state index is 13.1. The number of likely N-dealkylation sites (tertiary alicyclic amines) is 1. The molecule has 0 radical (unpaired) electrons. The number of halogens is 1. The van der Waals surface area contributed by atoms with Crippen LogP contribution < -0.4 is 0 Å². The molecular weight excluding hydrogens is 520 g/mol. The fourth-order valence-corrected chi connectivity index (χ4v) is 5.35. The lowest BCUT2D eigenvalue weighted by Crippen LogP contribution is -2.45. The smallest absolute Gasteiger partial charge is 0.226 e. The predicted octanol–water partition coefficient (Wildman–Crippen LogP) is 5.29. The first-order chi connectivity index (χ1) is 17.4. The number of furan rings is 1. The van der Waals surface area contributed by atoms with E-state index in [1.54, 1.807) is 10.9 Å². The van der Waals surface area contributed by atoms with Crippen LogP contribution in [0.2, 0.25) is 0 Å². The summed E-state index contributed by atoms with van der Waals surface area (Å²) in [5.74, 6) is 0.0533. The molecule has 182 valence electrons. The van der Waals surface area contributed by atoms with E-state index < -0.39 is 5.60 Å². The number of para-hydroxylation sites is 1. The first-order valence-corrected chi connectivity index (χ1v) is 12.8. The second-order valence-corrected chi connectivity index (χ2v) is 10.3. The number of amides is 1. The normalized spacial score (nSPS) is 15.6.